The zero-order valence-electron chi connectivity index (χ0n) is 9.90. The van der Waals surface area contributed by atoms with Crippen LogP contribution in [0, 0.1) is 0 Å². The summed E-state index contributed by atoms with van der Waals surface area (Å²) in [5.74, 6) is -1.14. The van der Waals surface area contributed by atoms with Crippen molar-refractivity contribution in [3.05, 3.63) is 34.3 Å². The number of nitrogens with zero attached hydrogens (tertiary/aromatic N) is 2. The van der Waals surface area contributed by atoms with Crippen LogP contribution in [-0.2, 0) is 16.6 Å². The predicted octanol–water partition coefficient (Wildman–Crippen LogP) is 0.990. The first-order chi connectivity index (χ1) is 8.91. The van der Waals surface area contributed by atoms with Gasteiger partial charge in [-0.15, -0.1) is 11.3 Å². The van der Waals surface area contributed by atoms with Gasteiger partial charge in [0.15, 0.2) is 0 Å². The number of carbonyl (C=O) groups is 1. The fourth-order valence-electron chi connectivity index (χ4n) is 1.45. The van der Waals surface area contributed by atoms with Gasteiger partial charge in [0.1, 0.15) is 4.88 Å². The molecular formula is C10H11N3O4S2. The number of nitrogens with one attached hydrogen (secondary N) is 1. The fraction of sp³-hybridized carbons (Fsp3) is 0.200. The summed E-state index contributed by atoms with van der Waals surface area (Å²) in [6.45, 7) is 0.164. The van der Waals surface area contributed by atoms with Crippen molar-refractivity contribution in [2.24, 2.45) is 0 Å². The van der Waals surface area contributed by atoms with Gasteiger partial charge in [0.25, 0.3) is 0 Å². The van der Waals surface area contributed by atoms with E-state index < -0.39 is 16.0 Å². The lowest BCUT2D eigenvalue weighted by molar-refractivity contribution is 0.0702. The van der Waals surface area contributed by atoms with E-state index in [0.717, 1.165) is 27.3 Å². The number of rotatable bonds is 5. The maximum absolute atomic E-state index is 12.2. The standard InChI is InChI=1S/C10H11N3O4S2/c1-13(5-7-3-11-12-4-7)19(16,17)8-2-9(10(14)15)18-6-8/h2-4,6H,5H2,1H3,(H,11,12)(H,14,15). The molecule has 0 unspecified atom stereocenters. The summed E-state index contributed by atoms with van der Waals surface area (Å²) < 4.78 is 25.6. The number of sulfonamides is 1. The highest BCUT2D eigenvalue weighted by atomic mass is 32.2. The number of carboxylic acid groups (broad SMARTS) is 1. The van der Waals surface area contributed by atoms with Crippen molar-refractivity contribution in [2.45, 2.75) is 11.4 Å². The van der Waals surface area contributed by atoms with Crippen LogP contribution in [-0.4, -0.2) is 41.0 Å². The Bertz CT molecular complexity index is 675. The number of carboxylic acids is 1. The summed E-state index contributed by atoms with van der Waals surface area (Å²) in [7, 11) is -2.26. The third-order valence-electron chi connectivity index (χ3n) is 2.45. The van der Waals surface area contributed by atoms with Gasteiger partial charge < -0.3 is 5.11 Å². The number of hydrogen-bond donors (Lipinski definition) is 2. The molecule has 2 N–H and O–H groups in total. The molecule has 0 bridgehead atoms. The molecule has 0 amide bonds. The highest BCUT2D eigenvalue weighted by Gasteiger charge is 2.23. The van der Waals surface area contributed by atoms with Crippen molar-refractivity contribution in [3.8, 4) is 0 Å². The fourth-order valence-corrected chi connectivity index (χ4v) is 3.71. The summed E-state index contributed by atoms with van der Waals surface area (Å²) in [5, 5.41) is 16.5. The van der Waals surface area contributed by atoms with Crippen molar-refractivity contribution in [1.82, 2.24) is 14.5 Å². The van der Waals surface area contributed by atoms with E-state index in [1.165, 1.54) is 18.6 Å². The van der Waals surface area contributed by atoms with Crippen molar-refractivity contribution < 1.29 is 18.3 Å². The zero-order valence-corrected chi connectivity index (χ0v) is 11.5. The van der Waals surface area contributed by atoms with Crippen LogP contribution < -0.4 is 0 Å². The molecule has 0 radical (unpaired) electrons. The van der Waals surface area contributed by atoms with E-state index >= 15 is 0 Å². The molecule has 102 valence electrons. The topological polar surface area (TPSA) is 103 Å². The molecule has 0 saturated carbocycles. The van der Waals surface area contributed by atoms with Crippen LogP contribution in [0.5, 0.6) is 0 Å². The second kappa shape index (κ2) is 5.11. The minimum atomic E-state index is -3.69. The van der Waals surface area contributed by atoms with Gasteiger partial charge in [-0.1, -0.05) is 0 Å². The molecule has 2 aromatic rings. The van der Waals surface area contributed by atoms with E-state index in [-0.39, 0.29) is 16.3 Å². The van der Waals surface area contributed by atoms with Crippen LogP contribution >= 0.6 is 11.3 Å². The largest absolute Gasteiger partial charge is 0.477 e. The Kier molecular flexibility index (Phi) is 3.69. The van der Waals surface area contributed by atoms with Gasteiger partial charge in [0.05, 0.1) is 11.1 Å². The monoisotopic (exact) mass is 301 g/mol. The quantitative estimate of drug-likeness (QED) is 0.857. The third kappa shape index (κ3) is 2.83. The highest BCUT2D eigenvalue weighted by molar-refractivity contribution is 7.89. The van der Waals surface area contributed by atoms with Crippen molar-refractivity contribution >= 4 is 27.3 Å². The molecular weight excluding hydrogens is 290 g/mol. The maximum atomic E-state index is 12.2. The lowest BCUT2D eigenvalue weighted by Crippen LogP contribution is -2.26. The summed E-state index contributed by atoms with van der Waals surface area (Å²) in [5.41, 5.74) is 0.722. The molecule has 0 fully saturated rings. The summed E-state index contributed by atoms with van der Waals surface area (Å²) >= 11 is 0.886. The predicted molar refractivity (Wildman–Crippen MR) is 68.5 cm³/mol. The van der Waals surface area contributed by atoms with E-state index in [4.69, 9.17) is 5.11 Å². The second-order valence-corrected chi connectivity index (χ2v) is 6.78. The van der Waals surface area contributed by atoms with Crippen LogP contribution in [0.25, 0.3) is 0 Å². The highest BCUT2D eigenvalue weighted by Crippen LogP contribution is 2.22. The van der Waals surface area contributed by atoms with Gasteiger partial charge in [0.2, 0.25) is 10.0 Å². The molecule has 0 aliphatic heterocycles. The van der Waals surface area contributed by atoms with E-state index in [2.05, 4.69) is 10.2 Å². The maximum Gasteiger partial charge on any atom is 0.345 e. The Morgan fingerprint density at radius 1 is 1.58 bits per heavy atom. The Morgan fingerprint density at radius 3 is 2.84 bits per heavy atom. The third-order valence-corrected chi connectivity index (χ3v) is 5.30. The smallest absolute Gasteiger partial charge is 0.345 e. The Morgan fingerprint density at radius 2 is 2.32 bits per heavy atom. The molecule has 0 aromatic carbocycles. The van der Waals surface area contributed by atoms with E-state index in [9.17, 15) is 13.2 Å². The van der Waals surface area contributed by atoms with E-state index in [0.29, 0.717) is 0 Å². The van der Waals surface area contributed by atoms with E-state index in [1.54, 1.807) is 6.20 Å². The first-order valence-electron chi connectivity index (χ1n) is 5.17. The molecule has 0 saturated heterocycles. The SMILES string of the molecule is CN(Cc1cn[nH]c1)S(=O)(=O)c1csc(C(=O)O)c1. The number of H-pyrrole nitrogens is 1. The van der Waals surface area contributed by atoms with Crippen molar-refractivity contribution in [2.75, 3.05) is 7.05 Å². The lowest BCUT2D eigenvalue weighted by atomic mass is 10.4. The van der Waals surface area contributed by atoms with Gasteiger partial charge in [-0.3, -0.25) is 5.10 Å². The van der Waals surface area contributed by atoms with Crippen molar-refractivity contribution in [1.29, 1.82) is 0 Å². The number of aromatic nitrogens is 2. The van der Waals surface area contributed by atoms with Crippen LogP contribution in [0.4, 0.5) is 0 Å². The van der Waals surface area contributed by atoms with Crippen LogP contribution in [0.2, 0.25) is 0 Å². The van der Waals surface area contributed by atoms with Gasteiger partial charge >= 0.3 is 5.97 Å². The minimum Gasteiger partial charge on any atom is -0.477 e. The van der Waals surface area contributed by atoms with Gasteiger partial charge in [-0.05, 0) is 6.07 Å². The zero-order chi connectivity index (χ0) is 14.0. The number of aromatic carboxylic acids is 1. The Labute approximate surface area is 113 Å². The Hall–Kier alpha value is -1.71. The normalized spacial score (nSPS) is 11.9. The van der Waals surface area contributed by atoms with Crippen LogP contribution in [0.3, 0.4) is 0 Å². The first-order valence-corrected chi connectivity index (χ1v) is 7.49. The average Bonchev–Trinajstić information content (AvgIpc) is 2.99. The molecule has 0 spiro atoms. The number of aromatic amines is 1. The summed E-state index contributed by atoms with van der Waals surface area (Å²) in [6, 6.07) is 1.16. The second-order valence-electron chi connectivity index (χ2n) is 3.82. The molecule has 0 aliphatic carbocycles. The average molecular weight is 301 g/mol. The molecule has 0 aliphatic rings. The van der Waals surface area contributed by atoms with Crippen LogP contribution in [0.15, 0.2) is 28.7 Å². The molecule has 2 rings (SSSR count). The van der Waals surface area contributed by atoms with Gasteiger partial charge in [-0.2, -0.15) is 9.40 Å². The summed E-state index contributed by atoms with van der Waals surface area (Å²) in [6.07, 6.45) is 3.13. The molecule has 9 heteroatoms. The van der Waals surface area contributed by atoms with Crippen molar-refractivity contribution in [3.63, 3.8) is 0 Å². The Balaban J connectivity index is 2.23. The minimum absolute atomic E-state index is 0.00436. The summed E-state index contributed by atoms with van der Waals surface area (Å²) in [4.78, 5) is 10.7. The molecule has 2 aromatic heterocycles. The van der Waals surface area contributed by atoms with E-state index in [1.807, 2.05) is 0 Å². The molecule has 7 nitrogen and oxygen atoms in total. The lowest BCUT2D eigenvalue weighted by Gasteiger charge is -2.14. The molecule has 19 heavy (non-hydrogen) atoms. The van der Waals surface area contributed by atoms with Crippen LogP contribution in [0.1, 0.15) is 15.2 Å². The molecule has 2 heterocycles. The first kappa shape index (κ1) is 13.7. The number of thiophene rings is 1. The van der Waals surface area contributed by atoms with Gasteiger partial charge in [-0.25, -0.2) is 13.2 Å². The number of hydrogen-bond acceptors (Lipinski definition) is 5. The van der Waals surface area contributed by atoms with Gasteiger partial charge in [0, 0.05) is 30.7 Å². The molecule has 0 atom stereocenters.